The zero-order valence-electron chi connectivity index (χ0n) is 13.4. The zero-order valence-corrected chi connectivity index (χ0v) is 13.4. The predicted octanol–water partition coefficient (Wildman–Crippen LogP) is 3.52. The van der Waals surface area contributed by atoms with Gasteiger partial charge >= 0.3 is 0 Å². The summed E-state index contributed by atoms with van der Waals surface area (Å²) in [6.07, 6.45) is 6.36. The Balaban J connectivity index is 2.06. The van der Waals surface area contributed by atoms with Crippen LogP contribution in [0.2, 0.25) is 0 Å². The van der Waals surface area contributed by atoms with Gasteiger partial charge in [-0.05, 0) is 64.3 Å². The smallest absolute Gasteiger partial charge is 0.0307 e. The van der Waals surface area contributed by atoms with Gasteiger partial charge in [0.25, 0.3) is 0 Å². The summed E-state index contributed by atoms with van der Waals surface area (Å²) in [5, 5.41) is 0. The average Bonchev–Trinajstić information content (AvgIpc) is 2.70. The number of likely N-dealkylation sites (tertiary alicyclic amines) is 1. The van der Waals surface area contributed by atoms with Crippen LogP contribution >= 0.6 is 0 Å². The van der Waals surface area contributed by atoms with E-state index in [-0.39, 0.29) is 11.6 Å². The van der Waals surface area contributed by atoms with Crippen molar-refractivity contribution in [3.05, 3.63) is 35.4 Å². The molecule has 112 valence electrons. The van der Waals surface area contributed by atoms with E-state index in [0.29, 0.717) is 0 Å². The van der Waals surface area contributed by atoms with E-state index in [1.807, 2.05) is 0 Å². The quantitative estimate of drug-likeness (QED) is 0.910. The summed E-state index contributed by atoms with van der Waals surface area (Å²) in [6, 6.07) is 8.80. The summed E-state index contributed by atoms with van der Waals surface area (Å²) in [5.74, 6) is 0. The van der Waals surface area contributed by atoms with Crippen molar-refractivity contribution in [2.24, 2.45) is 5.73 Å². The Bertz CT molecular complexity index is 417. The van der Waals surface area contributed by atoms with Gasteiger partial charge in [0.2, 0.25) is 0 Å². The molecule has 0 aliphatic carbocycles. The van der Waals surface area contributed by atoms with Gasteiger partial charge in [-0.3, -0.25) is 4.90 Å². The molecule has 1 aromatic carbocycles. The van der Waals surface area contributed by atoms with Crippen LogP contribution in [0.3, 0.4) is 0 Å². The van der Waals surface area contributed by atoms with Gasteiger partial charge in [0.1, 0.15) is 0 Å². The van der Waals surface area contributed by atoms with Crippen molar-refractivity contribution in [2.75, 3.05) is 13.1 Å². The minimum absolute atomic E-state index is 0.0760. The molecule has 1 unspecified atom stereocenters. The topological polar surface area (TPSA) is 29.3 Å². The van der Waals surface area contributed by atoms with Crippen LogP contribution in [0.25, 0.3) is 0 Å². The van der Waals surface area contributed by atoms with E-state index in [9.17, 15) is 0 Å². The molecule has 0 saturated carbocycles. The van der Waals surface area contributed by atoms with E-state index >= 15 is 0 Å². The van der Waals surface area contributed by atoms with Crippen LogP contribution in [0.4, 0.5) is 0 Å². The Morgan fingerprint density at radius 2 is 1.70 bits per heavy atom. The third-order valence-electron chi connectivity index (χ3n) is 5.03. The Morgan fingerprint density at radius 1 is 1.10 bits per heavy atom. The monoisotopic (exact) mass is 274 g/mol. The molecule has 1 fully saturated rings. The van der Waals surface area contributed by atoms with Crippen LogP contribution in [0.5, 0.6) is 0 Å². The minimum Gasteiger partial charge on any atom is -0.326 e. The second kappa shape index (κ2) is 6.73. The second-order valence-electron chi connectivity index (χ2n) is 6.79. The van der Waals surface area contributed by atoms with Crippen LogP contribution in [0.15, 0.2) is 24.3 Å². The highest BCUT2D eigenvalue weighted by Crippen LogP contribution is 2.25. The lowest BCUT2D eigenvalue weighted by molar-refractivity contribution is 0.0978. The van der Waals surface area contributed by atoms with Crippen molar-refractivity contribution in [3.63, 3.8) is 0 Å². The van der Waals surface area contributed by atoms with Crippen molar-refractivity contribution >= 4 is 0 Å². The lowest BCUT2D eigenvalue weighted by atomic mass is 9.87. The van der Waals surface area contributed by atoms with Crippen LogP contribution in [0.1, 0.15) is 50.7 Å². The van der Waals surface area contributed by atoms with Crippen molar-refractivity contribution in [1.29, 1.82) is 0 Å². The first-order chi connectivity index (χ1) is 9.51. The molecule has 2 heteroatoms. The number of aryl methyl sites for hydroxylation is 1. The molecule has 2 nitrogen and oxygen atoms in total. The summed E-state index contributed by atoms with van der Waals surface area (Å²) in [6.45, 7) is 9.23. The number of nitrogens with zero attached hydrogens (tertiary/aromatic N) is 1. The molecule has 2 N–H and O–H groups in total. The summed E-state index contributed by atoms with van der Waals surface area (Å²) < 4.78 is 0. The number of hydrogen-bond acceptors (Lipinski definition) is 2. The fraction of sp³-hybridized carbons (Fsp3) is 0.667. The first kappa shape index (κ1) is 15.5. The van der Waals surface area contributed by atoms with Gasteiger partial charge in [0, 0.05) is 11.6 Å². The predicted molar refractivity (Wildman–Crippen MR) is 87.0 cm³/mol. The van der Waals surface area contributed by atoms with Crippen LogP contribution in [-0.4, -0.2) is 29.6 Å². The Labute approximate surface area is 124 Å². The van der Waals surface area contributed by atoms with Gasteiger partial charge in [-0.25, -0.2) is 0 Å². The van der Waals surface area contributed by atoms with Crippen LogP contribution in [-0.2, 0) is 6.42 Å². The summed E-state index contributed by atoms with van der Waals surface area (Å²) in [5.41, 5.74) is 9.42. The number of rotatable bonds is 4. The molecule has 1 atom stereocenters. The fourth-order valence-electron chi connectivity index (χ4n) is 3.21. The highest BCUT2D eigenvalue weighted by molar-refractivity contribution is 5.27. The summed E-state index contributed by atoms with van der Waals surface area (Å²) in [7, 11) is 0. The summed E-state index contributed by atoms with van der Waals surface area (Å²) >= 11 is 0. The Morgan fingerprint density at radius 3 is 2.30 bits per heavy atom. The normalized spacial score (nSPS) is 19.6. The lowest BCUT2D eigenvalue weighted by Gasteiger charge is -2.42. The maximum atomic E-state index is 6.59. The number of benzene rings is 1. The van der Waals surface area contributed by atoms with E-state index in [2.05, 4.69) is 49.9 Å². The second-order valence-corrected chi connectivity index (χ2v) is 6.79. The first-order valence-corrected chi connectivity index (χ1v) is 8.07. The van der Waals surface area contributed by atoms with Crippen molar-refractivity contribution in [2.45, 2.75) is 64.5 Å². The minimum atomic E-state index is 0.0760. The molecule has 0 bridgehead atoms. The highest BCUT2D eigenvalue weighted by atomic mass is 15.2. The van der Waals surface area contributed by atoms with Crippen molar-refractivity contribution in [1.82, 2.24) is 4.90 Å². The molecule has 1 heterocycles. The van der Waals surface area contributed by atoms with E-state index in [1.165, 1.54) is 49.9 Å². The maximum Gasteiger partial charge on any atom is 0.0307 e. The standard InChI is InChI=1S/C18H30N2/c1-15-10-6-7-11-16(15)14-17(19)18(2,3)20-12-8-4-5-9-13-20/h6-7,10-11,17H,4-5,8-9,12-14,19H2,1-3H3. The third-order valence-corrected chi connectivity index (χ3v) is 5.03. The molecule has 1 aliphatic heterocycles. The van der Waals surface area contributed by atoms with Crippen molar-refractivity contribution in [3.8, 4) is 0 Å². The van der Waals surface area contributed by atoms with Gasteiger partial charge in [-0.2, -0.15) is 0 Å². The molecule has 0 amide bonds. The van der Waals surface area contributed by atoms with E-state index < -0.39 is 0 Å². The zero-order chi connectivity index (χ0) is 14.6. The molecule has 20 heavy (non-hydrogen) atoms. The van der Waals surface area contributed by atoms with E-state index in [0.717, 1.165) is 6.42 Å². The molecular weight excluding hydrogens is 244 g/mol. The van der Waals surface area contributed by atoms with Gasteiger partial charge < -0.3 is 5.73 Å². The SMILES string of the molecule is Cc1ccccc1CC(N)C(C)(C)N1CCCCCC1. The molecule has 0 radical (unpaired) electrons. The number of hydrogen-bond donors (Lipinski definition) is 1. The van der Waals surface area contributed by atoms with E-state index in [1.54, 1.807) is 0 Å². The molecule has 1 aliphatic rings. The molecule has 1 aromatic rings. The number of nitrogens with two attached hydrogens (primary N) is 1. The molecular formula is C18H30N2. The molecule has 0 spiro atoms. The van der Waals surface area contributed by atoms with Crippen molar-refractivity contribution < 1.29 is 0 Å². The van der Waals surface area contributed by atoms with Gasteiger partial charge in [0.15, 0.2) is 0 Å². The third kappa shape index (κ3) is 3.62. The fourth-order valence-corrected chi connectivity index (χ4v) is 3.21. The highest BCUT2D eigenvalue weighted by Gasteiger charge is 2.33. The molecule has 1 saturated heterocycles. The van der Waals surface area contributed by atoms with Gasteiger partial charge in [-0.15, -0.1) is 0 Å². The molecule has 0 aromatic heterocycles. The largest absolute Gasteiger partial charge is 0.326 e. The van der Waals surface area contributed by atoms with E-state index in [4.69, 9.17) is 5.73 Å². The van der Waals surface area contributed by atoms with Crippen LogP contribution in [0, 0.1) is 6.92 Å². The average molecular weight is 274 g/mol. The first-order valence-electron chi connectivity index (χ1n) is 8.07. The lowest BCUT2D eigenvalue weighted by Crippen LogP contribution is -2.57. The van der Waals surface area contributed by atoms with Gasteiger partial charge in [-0.1, -0.05) is 37.1 Å². The maximum absolute atomic E-state index is 6.59. The summed E-state index contributed by atoms with van der Waals surface area (Å²) in [4.78, 5) is 2.61. The molecule has 2 rings (SSSR count). The van der Waals surface area contributed by atoms with Gasteiger partial charge in [0.05, 0.1) is 0 Å². The van der Waals surface area contributed by atoms with Crippen LogP contribution < -0.4 is 5.73 Å². The Hall–Kier alpha value is -0.860. The Kier molecular flexibility index (Phi) is 5.22.